The molecule has 5 rings (SSSR count). The van der Waals surface area contributed by atoms with Gasteiger partial charge in [-0.25, -0.2) is 24.0 Å². The van der Waals surface area contributed by atoms with Gasteiger partial charge in [0.25, 0.3) is 5.69 Å². The molecule has 340 valence electrons. The standard InChI is InChI=1S/C43H47N5O16/c1-24(49)44-32-29(45-37(46-38(51)63-42(2,3)4)47-39(52)64-43(5,6)7)22-30(36(50)61-33(25-14-10-8-11-15-25)26-16-12-9-13-17-26)59-35(32)34(31-23-57-40(53)60-31)62-41(54)58-28-20-18-27(19-21-28)48(55)56/h8-22,29,31-35H,23H2,1-7H3,(H,44,49)(H2,45,46,47,51,52)/t29?,31-,32-,34?,35-/m1/s1. The van der Waals surface area contributed by atoms with Crippen molar-refractivity contribution in [1.82, 2.24) is 16.0 Å². The maximum absolute atomic E-state index is 14.4. The van der Waals surface area contributed by atoms with Gasteiger partial charge < -0.3 is 48.5 Å². The summed E-state index contributed by atoms with van der Waals surface area (Å²) in [6.07, 6.45) is -9.71. The van der Waals surface area contributed by atoms with Crippen molar-refractivity contribution in [1.29, 1.82) is 0 Å². The fraction of sp³-hybridized carbons (Fsp3) is 0.372. The minimum Gasteiger partial charge on any atom is -0.477 e. The van der Waals surface area contributed by atoms with Gasteiger partial charge in [0, 0.05) is 19.1 Å². The minimum atomic E-state index is -1.79. The Balaban J connectivity index is 1.62. The second kappa shape index (κ2) is 20.4. The number of esters is 1. The molecule has 0 spiro atoms. The number of nitro groups is 1. The lowest BCUT2D eigenvalue weighted by Gasteiger charge is -2.41. The van der Waals surface area contributed by atoms with Gasteiger partial charge in [0.05, 0.1) is 17.0 Å². The molecule has 0 aromatic heterocycles. The van der Waals surface area contributed by atoms with Crippen LogP contribution in [0.2, 0.25) is 0 Å². The molecule has 0 radical (unpaired) electrons. The predicted octanol–water partition coefficient (Wildman–Crippen LogP) is 5.91. The summed E-state index contributed by atoms with van der Waals surface area (Å²) in [5, 5.41) is 19.0. The van der Waals surface area contributed by atoms with Crippen molar-refractivity contribution >= 4 is 48.0 Å². The van der Waals surface area contributed by atoms with E-state index in [4.69, 9.17) is 37.9 Å². The molecule has 0 aliphatic carbocycles. The Bertz CT molecular complexity index is 2220. The highest BCUT2D eigenvalue weighted by Gasteiger charge is 2.51. The summed E-state index contributed by atoms with van der Waals surface area (Å²) in [4.78, 5) is 94.0. The Morgan fingerprint density at radius 2 is 1.41 bits per heavy atom. The molecule has 3 aromatic carbocycles. The molecule has 3 N–H and O–H groups in total. The summed E-state index contributed by atoms with van der Waals surface area (Å²) >= 11 is 0. The van der Waals surface area contributed by atoms with Crippen LogP contribution in [0.4, 0.5) is 24.9 Å². The van der Waals surface area contributed by atoms with Crippen LogP contribution in [0.25, 0.3) is 0 Å². The number of nitrogens with one attached hydrogen (secondary N) is 3. The van der Waals surface area contributed by atoms with Gasteiger partial charge in [0.15, 0.2) is 24.4 Å². The maximum Gasteiger partial charge on any atom is 0.514 e. The third-order valence-electron chi connectivity index (χ3n) is 8.64. The number of cyclic esters (lactones) is 2. The first-order valence-electron chi connectivity index (χ1n) is 19.6. The van der Waals surface area contributed by atoms with Crippen LogP contribution >= 0.6 is 0 Å². The van der Waals surface area contributed by atoms with E-state index in [9.17, 15) is 38.9 Å². The molecule has 2 aliphatic heterocycles. The van der Waals surface area contributed by atoms with E-state index in [-0.39, 0.29) is 11.4 Å². The van der Waals surface area contributed by atoms with Crippen molar-refractivity contribution < 1.29 is 71.6 Å². The Kier molecular flexibility index (Phi) is 15.1. The molecule has 0 saturated carbocycles. The number of non-ortho nitro benzene ring substituents is 1. The lowest BCUT2D eigenvalue weighted by atomic mass is 9.91. The van der Waals surface area contributed by atoms with Crippen LogP contribution in [0.15, 0.2) is 102 Å². The van der Waals surface area contributed by atoms with Crippen molar-refractivity contribution in [2.24, 2.45) is 4.99 Å². The Labute approximate surface area is 366 Å². The van der Waals surface area contributed by atoms with Gasteiger partial charge in [0.1, 0.15) is 23.6 Å². The van der Waals surface area contributed by atoms with E-state index in [1.54, 1.807) is 102 Å². The van der Waals surface area contributed by atoms with Gasteiger partial charge in [-0.3, -0.25) is 20.2 Å². The summed E-state index contributed by atoms with van der Waals surface area (Å²) in [6, 6.07) is 19.0. The first-order chi connectivity index (χ1) is 30.1. The van der Waals surface area contributed by atoms with Crippen LogP contribution in [0.5, 0.6) is 5.75 Å². The molecular weight excluding hydrogens is 842 g/mol. The number of amides is 3. The predicted molar refractivity (Wildman–Crippen MR) is 222 cm³/mol. The number of guanidine groups is 1. The topological polar surface area (TPSA) is 268 Å². The fourth-order valence-electron chi connectivity index (χ4n) is 6.16. The highest BCUT2D eigenvalue weighted by Crippen LogP contribution is 2.32. The van der Waals surface area contributed by atoms with Gasteiger partial charge in [-0.05, 0) is 70.9 Å². The SMILES string of the molecule is CC(=O)N[C@@H]1C(N/C(=N\C(=O)OC(C)(C)C)NC(=O)OC(C)(C)C)C=C(C(=O)OC(c2ccccc2)c2ccccc2)O[C@H]1C(OC(=O)Oc1ccc([N+](=O)[O-])cc1)[C@H]1COC(=O)O1. The van der Waals surface area contributed by atoms with Gasteiger partial charge in [-0.15, -0.1) is 4.99 Å². The van der Waals surface area contributed by atoms with Crippen LogP contribution in [-0.4, -0.2) is 95.5 Å². The molecule has 1 fully saturated rings. The van der Waals surface area contributed by atoms with Gasteiger partial charge in [-0.2, -0.15) is 0 Å². The van der Waals surface area contributed by atoms with E-state index in [2.05, 4.69) is 20.9 Å². The second-order valence-electron chi connectivity index (χ2n) is 16.1. The molecule has 3 aromatic rings. The smallest absolute Gasteiger partial charge is 0.477 e. The number of nitro benzene ring substituents is 1. The van der Waals surface area contributed by atoms with Crippen molar-refractivity contribution in [3.63, 3.8) is 0 Å². The number of hydrogen-bond donors (Lipinski definition) is 3. The van der Waals surface area contributed by atoms with Gasteiger partial charge in [-0.1, -0.05) is 60.7 Å². The van der Waals surface area contributed by atoms with Gasteiger partial charge in [0.2, 0.25) is 17.6 Å². The van der Waals surface area contributed by atoms with Crippen molar-refractivity contribution in [2.75, 3.05) is 6.61 Å². The molecular formula is C43H47N5O16. The summed E-state index contributed by atoms with van der Waals surface area (Å²) < 4.78 is 44.5. The average Bonchev–Trinajstić information content (AvgIpc) is 3.64. The summed E-state index contributed by atoms with van der Waals surface area (Å²) in [5.41, 5.74) is -1.23. The Morgan fingerprint density at radius 3 is 1.92 bits per heavy atom. The number of aliphatic imine (C=N–C) groups is 1. The molecule has 64 heavy (non-hydrogen) atoms. The number of benzene rings is 3. The van der Waals surface area contributed by atoms with Crippen LogP contribution in [0, 0.1) is 10.1 Å². The Morgan fingerprint density at radius 1 is 0.812 bits per heavy atom. The average molecular weight is 890 g/mol. The number of nitrogens with zero attached hydrogens (tertiary/aromatic N) is 2. The molecule has 5 atom stereocenters. The zero-order valence-electron chi connectivity index (χ0n) is 35.8. The quantitative estimate of drug-likeness (QED) is 0.0384. The summed E-state index contributed by atoms with van der Waals surface area (Å²) in [6.45, 7) is 10.1. The third kappa shape index (κ3) is 13.9. The van der Waals surface area contributed by atoms with E-state index in [0.29, 0.717) is 11.1 Å². The van der Waals surface area contributed by atoms with E-state index in [1.165, 1.54) is 0 Å². The van der Waals surface area contributed by atoms with Crippen LogP contribution < -0.4 is 20.7 Å². The van der Waals surface area contributed by atoms with E-state index in [1.807, 2.05) is 0 Å². The van der Waals surface area contributed by atoms with Crippen molar-refractivity contribution in [3.8, 4) is 5.75 Å². The fourth-order valence-corrected chi connectivity index (χ4v) is 6.16. The summed E-state index contributed by atoms with van der Waals surface area (Å²) in [5.74, 6) is -3.13. The van der Waals surface area contributed by atoms with Crippen LogP contribution in [0.1, 0.15) is 65.7 Å². The number of rotatable bonds is 11. The molecule has 2 heterocycles. The number of carbonyl (C=O) groups is 6. The maximum atomic E-state index is 14.4. The van der Waals surface area contributed by atoms with Crippen molar-refractivity contribution in [3.05, 3.63) is 118 Å². The molecule has 2 unspecified atom stereocenters. The highest BCUT2D eigenvalue weighted by atomic mass is 16.8. The zero-order chi connectivity index (χ0) is 46.8. The molecule has 0 bridgehead atoms. The number of ether oxygens (including phenoxy) is 8. The normalized spacial score (nSPS) is 19.0. The number of hydrogen-bond acceptors (Lipinski definition) is 16. The van der Waals surface area contributed by atoms with Crippen LogP contribution in [-0.2, 0) is 42.7 Å². The summed E-state index contributed by atoms with van der Waals surface area (Å²) in [7, 11) is 0. The minimum absolute atomic E-state index is 0.190. The lowest BCUT2D eigenvalue weighted by molar-refractivity contribution is -0.384. The highest BCUT2D eigenvalue weighted by molar-refractivity contribution is 5.99. The molecule has 21 heteroatoms. The van der Waals surface area contributed by atoms with E-state index in [0.717, 1.165) is 37.3 Å². The molecule has 3 amide bonds. The van der Waals surface area contributed by atoms with Crippen molar-refractivity contribution in [2.45, 2.75) is 96.2 Å². The largest absolute Gasteiger partial charge is 0.514 e. The molecule has 21 nitrogen and oxygen atoms in total. The monoisotopic (exact) mass is 889 g/mol. The van der Waals surface area contributed by atoms with Crippen LogP contribution in [0.3, 0.4) is 0 Å². The first kappa shape index (κ1) is 47.3. The lowest BCUT2D eigenvalue weighted by Crippen LogP contribution is -2.65. The number of alkyl carbamates (subject to hydrolysis) is 1. The zero-order valence-corrected chi connectivity index (χ0v) is 35.8. The Hall–Kier alpha value is -7.71. The third-order valence-corrected chi connectivity index (χ3v) is 8.64. The molecule has 1 saturated heterocycles. The molecule has 2 aliphatic rings. The van der Waals surface area contributed by atoms with E-state index < -0.39 is 107 Å². The second-order valence-corrected chi connectivity index (χ2v) is 16.1. The number of carbonyl (C=O) groups excluding carboxylic acids is 6. The van der Waals surface area contributed by atoms with Gasteiger partial charge >= 0.3 is 30.5 Å². The van der Waals surface area contributed by atoms with E-state index >= 15 is 0 Å². The first-order valence-corrected chi connectivity index (χ1v) is 19.6.